The third-order valence-electron chi connectivity index (χ3n) is 5.44. The Morgan fingerprint density at radius 2 is 1.93 bits per heavy atom. The largest absolute Gasteiger partial charge is 0.450 e. The molecule has 1 saturated heterocycles. The Balaban J connectivity index is 1.42. The van der Waals surface area contributed by atoms with Gasteiger partial charge in [-0.1, -0.05) is 18.2 Å². The minimum Gasteiger partial charge on any atom is -0.450 e. The number of hydrogen-bond donors (Lipinski definition) is 3. The molecule has 1 aromatic rings. The molecule has 1 heterocycles. The monoisotopic (exact) mass is 387 g/mol. The number of para-hydroxylation sites is 1. The van der Waals surface area contributed by atoms with Crippen molar-refractivity contribution in [3.05, 3.63) is 30.3 Å². The molecule has 1 aliphatic carbocycles. The Morgan fingerprint density at radius 1 is 1.21 bits per heavy atom. The Labute approximate surface area is 167 Å². The van der Waals surface area contributed by atoms with Gasteiger partial charge in [-0.15, -0.1) is 0 Å². The Kier molecular flexibility index (Phi) is 7.39. The number of benzene rings is 1. The van der Waals surface area contributed by atoms with E-state index in [1.165, 1.54) is 5.69 Å². The molecule has 28 heavy (non-hydrogen) atoms. The van der Waals surface area contributed by atoms with Crippen molar-refractivity contribution in [3.63, 3.8) is 0 Å². The van der Waals surface area contributed by atoms with Gasteiger partial charge in [0.1, 0.15) is 0 Å². The van der Waals surface area contributed by atoms with E-state index in [9.17, 15) is 4.79 Å². The van der Waals surface area contributed by atoms with E-state index >= 15 is 0 Å². The van der Waals surface area contributed by atoms with E-state index in [2.05, 4.69) is 56.2 Å². The molecule has 154 valence electrons. The standard InChI is InChI=1S/C21H33N5O2/c1-3-28-21(27)25-19(16-9-10-16)15-23-20(22-2)24-17-11-13-26(14-12-17)18-7-5-4-6-8-18/h4-8,16-17,19H,3,9-15H2,1-2H3,(H,25,27)(H2,22,23,24). The van der Waals surface area contributed by atoms with Crippen molar-refractivity contribution >= 4 is 17.7 Å². The molecule has 1 amide bonds. The summed E-state index contributed by atoms with van der Waals surface area (Å²) in [5, 5.41) is 9.90. The first-order chi connectivity index (χ1) is 13.7. The number of piperidine rings is 1. The van der Waals surface area contributed by atoms with Gasteiger partial charge in [0, 0.05) is 38.4 Å². The maximum Gasteiger partial charge on any atom is 0.407 e. The molecule has 7 nitrogen and oxygen atoms in total. The molecule has 2 aliphatic rings. The first-order valence-corrected chi connectivity index (χ1v) is 10.4. The Bertz CT molecular complexity index is 639. The number of ether oxygens (including phenoxy) is 1. The van der Waals surface area contributed by atoms with Gasteiger partial charge in [-0.2, -0.15) is 0 Å². The van der Waals surface area contributed by atoms with Crippen LogP contribution >= 0.6 is 0 Å². The molecule has 0 radical (unpaired) electrons. The van der Waals surface area contributed by atoms with Crippen molar-refractivity contribution in [2.24, 2.45) is 10.9 Å². The minimum absolute atomic E-state index is 0.0810. The predicted octanol–water partition coefficient (Wildman–Crippen LogP) is 2.35. The summed E-state index contributed by atoms with van der Waals surface area (Å²) in [6, 6.07) is 11.1. The molecule has 0 bridgehead atoms. The first kappa shape index (κ1) is 20.3. The van der Waals surface area contributed by atoms with Gasteiger partial charge in [0.2, 0.25) is 0 Å². The van der Waals surface area contributed by atoms with Crippen molar-refractivity contribution in [2.75, 3.05) is 38.2 Å². The van der Waals surface area contributed by atoms with Gasteiger partial charge in [0.15, 0.2) is 5.96 Å². The lowest BCUT2D eigenvalue weighted by Gasteiger charge is -2.34. The van der Waals surface area contributed by atoms with Gasteiger partial charge in [-0.25, -0.2) is 4.79 Å². The van der Waals surface area contributed by atoms with E-state index < -0.39 is 0 Å². The van der Waals surface area contributed by atoms with Crippen LogP contribution in [-0.2, 0) is 4.74 Å². The fourth-order valence-electron chi connectivity index (χ4n) is 3.67. The molecule has 2 fully saturated rings. The van der Waals surface area contributed by atoms with E-state index in [1.807, 2.05) is 6.92 Å². The van der Waals surface area contributed by atoms with Crippen LogP contribution in [0.1, 0.15) is 32.6 Å². The molecule has 7 heteroatoms. The van der Waals surface area contributed by atoms with Crippen LogP contribution in [0.4, 0.5) is 10.5 Å². The molecule has 1 aliphatic heterocycles. The number of hydrogen-bond acceptors (Lipinski definition) is 4. The number of anilines is 1. The average molecular weight is 388 g/mol. The van der Waals surface area contributed by atoms with Gasteiger partial charge in [0.25, 0.3) is 0 Å². The highest BCUT2D eigenvalue weighted by molar-refractivity contribution is 5.80. The second-order valence-electron chi connectivity index (χ2n) is 7.50. The van der Waals surface area contributed by atoms with Crippen molar-refractivity contribution in [2.45, 2.75) is 44.7 Å². The van der Waals surface area contributed by atoms with Crippen LogP contribution in [0.2, 0.25) is 0 Å². The van der Waals surface area contributed by atoms with Gasteiger partial charge in [0.05, 0.1) is 12.6 Å². The first-order valence-electron chi connectivity index (χ1n) is 10.4. The zero-order chi connectivity index (χ0) is 19.8. The number of aliphatic imine (C=N–C) groups is 1. The molecule has 1 unspecified atom stereocenters. The van der Waals surface area contributed by atoms with Crippen molar-refractivity contribution in [1.29, 1.82) is 0 Å². The number of nitrogens with zero attached hydrogens (tertiary/aromatic N) is 2. The fraction of sp³-hybridized carbons (Fsp3) is 0.619. The van der Waals surface area contributed by atoms with Crippen LogP contribution in [0.15, 0.2) is 35.3 Å². The third-order valence-corrected chi connectivity index (χ3v) is 5.44. The maximum absolute atomic E-state index is 11.8. The smallest absolute Gasteiger partial charge is 0.407 e. The SMILES string of the molecule is CCOC(=O)NC(CNC(=NC)NC1CCN(c2ccccc2)CC1)C1CC1. The molecule has 1 saturated carbocycles. The zero-order valence-electron chi connectivity index (χ0n) is 17.0. The van der Waals surface area contributed by atoms with Crippen LogP contribution in [-0.4, -0.2) is 57.4 Å². The quantitative estimate of drug-likeness (QED) is 0.494. The molecule has 0 spiro atoms. The summed E-state index contributed by atoms with van der Waals surface area (Å²) in [5.41, 5.74) is 1.29. The highest BCUT2D eigenvalue weighted by Gasteiger charge is 2.32. The van der Waals surface area contributed by atoms with Gasteiger partial charge < -0.3 is 25.6 Å². The fourth-order valence-corrected chi connectivity index (χ4v) is 3.67. The number of guanidine groups is 1. The summed E-state index contributed by atoms with van der Waals surface area (Å²) in [5.74, 6) is 1.33. The maximum atomic E-state index is 11.8. The summed E-state index contributed by atoms with van der Waals surface area (Å²) in [6.45, 7) is 4.94. The number of nitrogens with one attached hydrogen (secondary N) is 3. The second kappa shape index (κ2) is 10.2. The van der Waals surface area contributed by atoms with E-state index in [0.29, 0.717) is 25.1 Å². The highest BCUT2D eigenvalue weighted by Crippen LogP contribution is 2.32. The van der Waals surface area contributed by atoms with Gasteiger partial charge in [-0.05, 0) is 50.7 Å². The molecule has 1 aromatic carbocycles. The Morgan fingerprint density at radius 3 is 2.54 bits per heavy atom. The number of carbonyl (C=O) groups is 1. The number of alkyl carbamates (subject to hydrolysis) is 1. The highest BCUT2D eigenvalue weighted by atomic mass is 16.5. The van der Waals surface area contributed by atoms with E-state index in [1.54, 1.807) is 7.05 Å². The van der Waals surface area contributed by atoms with Crippen LogP contribution in [0, 0.1) is 5.92 Å². The normalized spacial score (nSPS) is 19.1. The molecule has 3 rings (SSSR count). The number of amides is 1. The molecule has 0 aromatic heterocycles. The van der Waals surface area contributed by atoms with Crippen LogP contribution in [0.3, 0.4) is 0 Å². The topological polar surface area (TPSA) is 78.0 Å². The van der Waals surface area contributed by atoms with Crippen molar-refractivity contribution < 1.29 is 9.53 Å². The van der Waals surface area contributed by atoms with Gasteiger partial charge >= 0.3 is 6.09 Å². The molecular weight excluding hydrogens is 354 g/mol. The number of carbonyl (C=O) groups excluding carboxylic acids is 1. The molecular formula is C21H33N5O2. The lowest BCUT2D eigenvalue weighted by molar-refractivity contribution is 0.146. The third kappa shape index (κ3) is 6.04. The minimum atomic E-state index is -0.336. The molecule has 3 N–H and O–H groups in total. The summed E-state index contributed by atoms with van der Waals surface area (Å²) in [4.78, 5) is 18.5. The lowest BCUT2D eigenvalue weighted by Crippen LogP contribution is -2.52. The van der Waals surface area contributed by atoms with Crippen molar-refractivity contribution in [3.8, 4) is 0 Å². The predicted molar refractivity (Wildman–Crippen MR) is 113 cm³/mol. The van der Waals surface area contributed by atoms with E-state index in [0.717, 1.165) is 44.7 Å². The average Bonchev–Trinajstić information content (AvgIpc) is 3.56. The zero-order valence-corrected chi connectivity index (χ0v) is 17.0. The van der Waals surface area contributed by atoms with E-state index in [4.69, 9.17) is 4.74 Å². The van der Waals surface area contributed by atoms with Crippen LogP contribution < -0.4 is 20.9 Å². The Hall–Kier alpha value is -2.44. The second-order valence-corrected chi connectivity index (χ2v) is 7.50. The summed E-state index contributed by atoms with van der Waals surface area (Å²) in [6.07, 6.45) is 4.12. The van der Waals surface area contributed by atoms with Crippen LogP contribution in [0.5, 0.6) is 0 Å². The summed E-state index contributed by atoms with van der Waals surface area (Å²) >= 11 is 0. The molecule has 1 atom stereocenters. The van der Waals surface area contributed by atoms with Gasteiger partial charge in [-0.3, -0.25) is 4.99 Å². The summed E-state index contributed by atoms with van der Waals surface area (Å²) < 4.78 is 5.02. The van der Waals surface area contributed by atoms with E-state index in [-0.39, 0.29) is 12.1 Å². The number of rotatable bonds is 7. The summed E-state index contributed by atoms with van der Waals surface area (Å²) in [7, 11) is 1.79. The van der Waals surface area contributed by atoms with Crippen LogP contribution in [0.25, 0.3) is 0 Å². The lowest BCUT2D eigenvalue weighted by atomic mass is 10.0. The van der Waals surface area contributed by atoms with Crippen molar-refractivity contribution in [1.82, 2.24) is 16.0 Å².